The number of carbonyl (C=O) groups excluding carboxylic acids is 1. The number of hydrogen-bond donors (Lipinski definition) is 2. The zero-order valence-corrected chi connectivity index (χ0v) is 7.37. The lowest BCUT2D eigenvalue weighted by Gasteiger charge is -2.08. The van der Waals surface area contributed by atoms with Crippen molar-refractivity contribution in [1.82, 2.24) is 10.6 Å². The lowest BCUT2D eigenvalue weighted by atomic mass is 10.4. The van der Waals surface area contributed by atoms with Crippen LogP contribution in [0.1, 0.15) is 13.3 Å². The van der Waals surface area contributed by atoms with Gasteiger partial charge in [-0.15, -0.1) is 0 Å². The topological polar surface area (TPSA) is 41.1 Å². The van der Waals surface area contributed by atoms with Crippen molar-refractivity contribution >= 4 is 5.91 Å². The Kier molecular flexibility index (Phi) is 5.45. The van der Waals surface area contributed by atoms with Crippen LogP contribution in [0.15, 0.2) is 0 Å². The molecule has 0 heterocycles. The minimum atomic E-state index is -4.33. The van der Waals surface area contributed by atoms with Crippen LogP contribution in [0.5, 0.6) is 0 Å². The Morgan fingerprint density at radius 2 is 2.00 bits per heavy atom. The van der Waals surface area contributed by atoms with Gasteiger partial charge in [0.05, 0.1) is 6.54 Å². The number of alkyl halides is 3. The Bertz CT molecular complexity index is 158. The molecular formula is C7H13F3N2O. The maximum Gasteiger partial charge on any atom is 0.405 e. The first kappa shape index (κ1) is 12.2. The average molecular weight is 198 g/mol. The number of hydrogen-bond acceptors (Lipinski definition) is 2. The van der Waals surface area contributed by atoms with Crippen LogP contribution in [0.4, 0.5) is 13.2 Å². The molecule has 0 unspecified atom stereocenters. The summed E-state index contributed by atoms with van der Waals surface area (Å²) in [5.41, 5.74) is 0. The third-order valence-electron chi connectivity index (χ3n) is 1.20. The molecule has 0 aromatic carbocycles. The lowest BCUT2D eigenvalue weighted by molar-refractivity contribution is -0.137. The average Bonchev–Trinajstić information content (AvgIpc) is 2.00. The van der Waals surface area contributed by atoms with E-state index in [4.69, 9.17) is 0 Å². The van der Waals surface area contributed by atoms with Crippen molar-refractivity contribution < 1.29 is 18.0 Å². The van der Waals surface area contributed by atoms with Crippen LogP contribution < -0.4 is 10.6 Å². The molecule has 0 aliphatic carbocycles. The van der Waals surface area contributed by atoms with Crippen LogP contribution in [0.25, 0.3) is 0 Å². The summed E-state index contributed by atoms with van der Waals surface area (Å²) < 4.78 is 34.7. The Morgan fingerprint density at radius 3 is 2.46 bits per heavy atom. The van der Waals surface area contributed by atoms with E-state index >= 15 is 0 Å². The molecular weight excluding hydrogens is 185 g/mol. The van der Waals surface area contributed by atoms with Gasteiger partial charge in [-0.1, -0.05) is 6.92 Å². The van der Waals surface area contributed by atoms with Crippen molar-refractivity contribution in [2.24, 2.45) is 0 Å². The summed E-state index contributed by atoms with van der Waals surface area (Å²) in [5, 5.41) is 4.45. The van der Waals surface area contributed by atoms with Gasteiger partial charge >= 0.3 is 6.18 Å². The smallest absolute Gasteiger partial charge is 0.346 e. The highest BCUT2D eigenvalue weighted by molar-refractivity contribution is 5.77. The standard InChI is InChI=1S/C7H13F3N2O/c1-2-3-11-4-6(13)12-5-7(8,9)10/h11H,2-5H2,1H3,(H,12,13). The Balaban J connectivity index is 3.41. The molecule has 0 aliphatic rings. The van der Waals surface area contributed by atoms with Crippen LogP contribution in [-0.2, 0) is 4.79 Å². The molecule has 2 N–H and O–H groups in total. The molecule has 0 spiro atoms. The van der Waals surface area contributed by atoms with E-state index in [9.17, 15) is 18.0 Å². The molecule has 0 atom stereocenters. The van der Waals surface area contributed by atoms with Gasteiger partial charge in [0.25, 0.3) is 0 Å². The monoisotopic (exact) mass is 198 g/mol. The maximum absolute atomic E-state index is 11.6. The van der Waals surface area contributed by atoms with Gasteiger partial charge in [-0.25, -0.2) is 0 Å². The number of halogens is 3. The summed E-state index contributed by atoms with van der Waals surface area (Å²) in [7, 11) is 0. The van der Waals surface area contributed by atoms with E-state index in [1.54, 1.807) is 5.32 Å². The molecule has 0 saturated carbocycles. The van der Waals surface area contributed by atoms with E-state index in [1.165, 1.54) is 0 Å². The Hall–Kier alpha value is -0.780. The van der Waals surface area contributed by atoms with E-state index in [0.717, 1.165) is 6.42 Å². The third kappa shape index (κ3) is 9.13. The van der Waals surface area contributed by atoms with Gasteiger partial charge in [0.15, 0.2) is 0 Å². The summed E-state index contributed by atoms with van der Waals surface area (Å²) in [4.78, 5) is 10.7. The fraction of sp³-hybridized carbons (Fsp3) is 0.857. The maximum atomic E-state index is 11.6. The summed E-state index contributed by atoms with van der Waals surface area (Å²) in [6.45, 7) is 1.20. The quantitative estimate of drug-likeness (QED) is 0.637. The molecule has 13 heavy (non-hydrogen) atoms. The van der Waals surface area contributed by atoms with Crippen molar-refractivity contribution in [2.75, 3.05) is 19.6 Å². The number of carbonyl (C=O) groups is 1. The minimum absolute atomic E-state index is 0.0656. The molecule has 0 aromatic heterocycles. The molecule has 6 heteroatoms. The van der Waals surface area contributed by atoms with Crippen LogP contribution >= 0.6 is 0 Å². The first-order chi connectivity index (χ1) is 5.95. The Labute approximate surface area is 74.7 Å². The lowest BCUT2D eigenvalue weighted by Crippen LogP contribution is -2.39. The molecule has 0 radical (unpaired) electrons. The minimum Gasteiger partial charge on any atom is -0.346 e. The normalized spacial score (nSPS) is 11.4. The third-order valence-corrected chi connectivity index (χ3v) is 1.20. The molecule has 0 rings (SSSR count). The number of amides is 1. The van der Waals surface area contributed by atoms with Crippen molar-refractivity contribution in [3.8, 4) is 0 Å². The summed E-state index contributed by atoms with van der Waals surface area (Å²) in [6.07, 6.45) is -3.49. The summed E-state index contributed by atoms with van der Waals surface area (Å²) in [5.74, 6) is -0.634. The second-order valence-corrected chi connectivity index (χ2v) is 2.57. The first-order valence-electron chi connectivity index (χ1n) is 4.00. The van der Waals surface area contributed by atoms with Crippen LogP contribution in [0, 0.1) is 0 Å². The van der Waals surface area contributed by atoms with Crippen molar-refractivity contribution in [3.05, 3.63) is 0 Å². The second-order valence-electron chi connectivity index (χ2n) is 2.57. The molecule has 1 amide bonds. The molecule has 0 aliphatic heterocycles. The predicted octanol–water partition coefficient (Wildman–Crippen LogP) is 0.664. The second kappa shape index (κ2) is 5.80. The molecule has 0 fully saturated rings. The largest absolute Gasteiger partial charge is 0.405 e. The SMILES string of the molecule is CCCNCC(=O)NCC(F)(F)F. The number of nitrogens with one attached hydrogen (secondary N) is 2. The van der Waals surface area contributed by atoms with Crippen molar-refractivity contribution in [2.45, 2.75) is 19.5 Å². The fourth-order valence-electron chi connectivity index (χ4n) is 0.640. The zero-order chi connectivity index (χ0) is 10.3. The summed E-state index contributed by atoms with van der Waals surface area (Å²) >= 11 is 0. The molecule has 0 bridgehead atoms. The fourth-order valence-corrected chi connectivity index (χ4v) is 0.640. The predicted molar refractivity (Wildman–Crippen MR) is 42.2 cm³/mol. The molecule has 78 valence electrons. The first-order valence-corrected chi connectivity index (χ1v) is 4.00. The van der Waals surface area contributed by atoms with E-state index < -0.39 is 18.6 Å². The van der Waals surface area contributed by atoms with Gasteiger partial charge in [0.2, 0.25) is 5.91 Å². The number of rotatable bonds is 5. The highest BCUT2D eigenvalue weighted by atomic mass is 19.4. The van der Waals surface area contributed by atoms with Crippen LogP contribution in [-0.4, -0.2) is 31.7 Å². The highest BCUT2D eigenvalue weighted by Gasteiger charge is 2.27. The molecule has 0 aromatic rings. The van der Waals surface area contributed by atoms with Crippen LogP contribution in [0.2, 0.25) is 0 Å². The van der Waals surface area contributed by atoms with Crippen molar-refractivity contribution in [1.29, 1.82) is 0 Å². The van der Waals surface area contributed by atoms with E-state index in [1.807, 2.05) is 6.92 Å². The van der Waals surface area contributed by atoms with E-state index in [0.29, 0.717) is 6.54 Å². The molecule has 3 nitrogen and oxygen atoms in total. The van der Waals surface area contributed by atoms with Gasteiger partial charge in [-0.05, 0) is 13.0 Å². The van der Waals surface area contributed by atoms with Gasteiger partial charge in [0.1, 0.15) is 6.54 Å². The molecule has 0 saturated heterocycles. The highest BCUT2D eigenvalue weighted by Crippen LogP contribution is 2.11. The van der Waals surface area contributed by atoms with Crippen LogP contribution in [0.3, 0.4) is 0 Å². The zero-order valence-electron chi connectivity index (χ0n) is 7.37. The van der Waals surface area contributed by atoms with Gasteiger partial charge < -0.3 is 10.6 Å². The van der Waals surface area contributed by atoms with Crippen molar-refractivity contribution in [3.63, 3.8) is 0 Å². The summed E-state index contributed by atoms with van der Waals surface area (Å²) in [6, 6.07) is 0. The van der Waals surface area contributed by atoms with E-state index in [-0.39, 0.29) is 6.54 Å². The van der Waals surface area contributed by atoms with Gasteiger partial charge in [-0.2, -0.15) is 13.2 Å². The van der Waals surface area contributed by atoms with Gasteiger partial charge in [-0.3, -0.25) is 4.79 Å². The van der Waals surface area contributed by atoms with E-state index in [2.05, 4.69) is 5.32 Å². The van der Waals surface area contributed by atoms with Gasteiger partial charge in [0, 0.05) is 0 Å². The Morgan fingerprint density at radius 1 is 1.38 bits per heavy atom.